The van der Waals surface area contributed by atoms with E-state index >= 15 is 0 Å². The van der Waals surface area contributed by atoms with Gasteiger partial charge < -0.3 is 44.0 Å². The summed E-state index contributed by atoms with van der Waals surface area (Å²) >= 11 is 0. The number of hydrogen-bond acceptors (Lipinski definition) is 6. The van der Waals surface area contributed by atoms with Crippen LogP contribution in [-0.2, 0) is 9.59 Å². The Bertz CT molecular complexity index is 1090. The van der Waals surface area contributed by atoms with E-state index < -0.39 is 52.2 Å². The lowest BCUT2D eigenvalue weighted by atomic mass is 9.79. The summed E-state index contributed by atoms with van der Waals surface area (Å²) in [5, 5.41) is 47.8. The second kappa shape index (κ2) is 11.6. The Morgan fingerprint density at radius 1 is 0.735 bits per heavy atom. The third-order valence-electron chi connectivity index (χ3n) is 5.20. The Labute approximate surface area is 193 Å². The topological polar surface area (TPSA) is 279 Å². The van der Waals surface area contributed by atoms with Crippen molar-refractivity contribution in [3.05, 3.63) is 64.2 Å². The summed E-state index contributed by atoms with van der Waals surface area (Å²) in [4.78, 5) is 46.5. The van der Waals surface area contributed by atoms with Gasteiger partial charge in [0.05, 0.1) is 0 Å². The van der Waals surface area contributed by atoms with Crippen LogP contribution in [0.2, 0.25) is 0 Å². The van der Waals surface area contributed by atoms with E-state index in [1.807, 2.05) is 0 Å². The molecule has 0 radical (unpaired) electrons. The number of ketones is 1. The van der Waals surface area contributed by atoms with Gasteiger partial charge in [0.2, 0.25) is 0 Å². The molecule has 0 saturated heterocycles. The average Bonchev–Trinajstić information content (AvgIpc) is 2.71. The monoisotopic (exact) mass is 480 g/mol. The van der Waals surface area contributed by atoms with Crippen molar-refractivity contribution in [2.45, 2.75) is 19.3 Å². The zero-order chi connectivity index (χ0) is 22.9. The maximum Gasteiger partial charge on any atom is 0.339 e. The highest BCUT2D eigenvalue weighted by molar-refractivity contribution is 6.01. The van der Waals surface area contributed by atoms with E-state index in [1.165, 1.54) is 36.4 Å². The lowest BCUT2D eigenvalue weighted by Gasteiger charge is -2.24. The van der Waals surface area contributed by atoms with E-state index in [0.717, 1.165) is 0 Å². The molecule has 0 aromatic heterocycles. The normalized spacial score (nSPS) is 14.6. The number of aliphatic carboxylic acids is 1. The predicted molar refractivity (Wildman–Crippen MR) is 124 cm³/mol. The van der Waals surface area contributed by atoms with Gasteiger partial charge in [0.15, 0.2) is 0 Å². The molecule has 1 aliphatic carbocycles. The van der Waals surface area contributed by atoms with Crippen molar-refractivity contribution in [2.24, 2.45) is 5.92 Å². The first kappa shape index (κ1) is 29.7. The van der Waals surface area contributed by atoms with Gasteiger partial charge in [0.25, 0.3) is 0 Å². The zero-order valence-corrected chi connectivity index (χ0v) is 19.0. The molecule has 12 heteroatoms. The maximum absolute atomic E-state index is 12.0. The van der Waals surface area contributed by atoms with Gasteiger partial charge in [-0.05, 0) is 53.8 Å². The Morgan fingerprint density at radius 3 is 1.56 bits per heavy atom. The van der Waals surface area contributed by atoms with E-state index in [9.17, 15) is 44.7 Å². The summed E-state index contributed by atoms with van der Waals surface area (Å²) in [7, 11) is 0. The largest absolute Gasteiger partial charge is 0.507 e. The molecule has 184 valence electrons. The van der Waals surface area contributed by atoms with Gasteiger partial charge in [-0.3, -0.25) is 9.59 Å². The molecule has 17 N–H and O–H groups in total. The highest BCUT2D eigenvalue weighted by Crippen LogP contribution is 2.38. The van der Waals surface area contributed by atoms with Gasteiger partial charge in [-0.2, -0.15) is 0 Å². The molecule has 0 spiro atoms. The summed E-state index contributed by atoms with van der Waals surface area (Å²) in [5.41, 5.74) is 0.681. The molecule has 0 aliphatic heterocycles. The van der Waals surface area contributed by atoms with Crippen molar-refractivity contribution in [1.29, 1.82) is 0 Å². The molecule has 0 heterocycles. The number of aromatic carboxylic acids is 2. The molecule has 34 heavy (non-hydrogen) atoms. The van der Waals surface area contributed by atoms with E-state index in [-0.39, 0.29) is 37.7 Å². The summed E-state index contributed by atoms with van der Waals surface area (Å²) in [6.45, 7) is 0. The molecule has 1 atom stereocenters. The lowest BCUT2D eigenvalue weighted by molar-refractivity contribution is -0.146. The summed E-state index contributed by atoms with van der Waals surface area (Å²) in [6.07, 6.45) is 0.0319. The standard InChI is InChI=1S/C22H18O9.3H3N/c23-16-4-1-10(7-13(16)20(26)27)19(11-2-5-17(24)14(8-11)21(28)29)12-3-6-18(25)15(9-12)22(30)31;;;/h1-2,4-5,7-8,15,23-24H,3,6,9H2,(H,26,27)(H,28,29)(H,30,31);3*1H3/p+3. The molecule has 0 bridgehead atoms. The van der Waals surface area contributed by atoms with Crippen LogP contribution in [0.3, 0.4) is 0 Å². The van der Waals surface area contributed by atoms with E-state index in [0.29, 0.717) is 22.3 Å². The number of benzene rings is 2. The van der Waals surface area contributed by atoms with Crippen LogP contribution < -0.4 is 18.5 Å². The molecule has 0 amide bonds. The fraction of sp³-hybridized carbons (Fsp3) is 0.182. The number of hydrogen-bond donors (Lipinski definition) is 8. The highest BCUT2D eigenvalue weighted by Gasteiger charge is 2.33. The van der Waals surface area contributed by atoms with Gasteiger partial charge in [0, 0.05) is 6.42 Å². The molecule has 1 aliphatic rings. The first-order valence-electron chi connectivity index (χ1n) is 9.21. The number of allylic oxidation sites excluding steroid dienone is 1. The number of phenols is 2. The lowest BCUT2D eigenvalue weighted by Crippen LogP contribution is -2.28. The Kier molecular flexibility index (Phi) is 10.1. The van der Waals surface area contributed by atoms with Gasteiger partial charge in [-0.15, -0.1) is 0 Å². The van der Waals surface area contributed by atoms with Crippen LogP contribution in [0.1, 0.15) is 51.1 Å². The van der Waals surface area contributed by atoms with E-state index in [2.05, 4.69) is 0 Å². The van der Waals surface area contributed by atoms with Crippen LogP contribution in [0.15, 0.2) is 42.0 Å². The first-order valence-corrected chi connectivity index (χ1v) is 9.21. The number of carbonyl (C=O) groups excluding carboxylic acids is 1. The number of Topliss-reactive ketones (excluding diaryl/α,β-unsaturated/α-hetero) is 1. The van der Waals surface area contributed by atoms with Crippen molar-refractivity contribution in [3.63, 3.8) is 0 Å². The van der Waals surface area contributed by atoms with Crippen molar-refractivity contribution in [1.82, 2.24) is 18.5 Å². The Morgan fingerprint density at radius 2 is 1.18 bits per heavy atom. The Balaban J connectivity index is 0.00000363. The number of carboxylic acids is 3. The van der Waals surface area contributed by atoms with Gasteiger partial charge in [-0.25, -0.2) is 9.59 Å². The third-order valence-corrected chi connectivity index (χ3v) is 5.20. The minimum atomic E-state index is -1.39. The van der Waals surface area contributed by atoms with Crippen LogP contribution in [0.25, 0.3) is 5.57 Å². The SMILES string of the molecule is O=C(O)c1cc(C(=C2CCC(=O)C(C(=O)O)C2)c2ccc(O)c(C(=O)O)c2)ccc1O.[NH4+].[NH4+].[NH4+]. The third kappa shape index (κ3) is 5.75. The molecule has 2 aromatic carbocycles. The molecule has 1 fully saturated rings. The molecule has 3 rings (SSSR count). The second-order valence-electron chi connectivity index (χ2n) is 7.11. The minimum absolute atomic E-state index is 0. The summed E-state index contributed by atoms with van der Waals surface area (Å²) in [5.74, 6) is -6.70. The van der Waals surface area contributed by atoms with Crippen LogP contribution in [0.4, 0.5) is 0 Å². The van der Waals surface area contributed by atoms with Gasteiger partial charge in [0.1, 0.15) is 34.3 Å². The molecular weight excluding hydrogens is 450 g/mol. The molecular formula is C22H30N3O9+3. The average molecular weight is 480 g/mol. The van der Waals surface area contributed by atoms with E-state index in [4.69, 9.17) is 0 Å². The second-order valence-corrected chi connectivity index (χ2v) is 7.11. The number of aromatic hydroxyl groups is 2. The fourth-order valence-corrected chi connectivity index (χ4v) is 3.66. The van der Waals surface area contributed by atoms with Gasteiger partial charge in [-0.1, -0.05) is 17.7 Å². The molecule has 2 aromatic rings. The van der Waals surface area contributed by atoms with Crippen molar-refractivity contribution < 1.29 is 44.7 Å². The summed E-state index contributed by atoms with van der Waals surface area (Å²) < 4.78 is 0. The first-order chi connectivity index (χ1) is 14.6. The molecule has 1 unspecified atom stereocenters. The number of quaternary nitrogens is 3. The van der Waals surface area contributed by atoms with Crippen LogP contribution in [0.5, 0.6) is 11.5 Å². The smallest absolute Gasteiger partial charge is 0.339 e. The molecule has 12 nitrogen and oxygen atoms in total. The quantitative estimate of drug-likeness (QED) is 0.288. The van der Waals surface area contributed by atoms with Crippen LogP contribution >= 0.6 is 0 Å². The van der Waals surface area contributed by atoms with Crippen molar-refractivity contribution in [3.8, 4) is 11.5 Å². The predicted octanol–water partition coefficient (Wildman–Crippen LogP) is 3.88. The highest BCUT2D eigenvalue weighted by atomic mass is 16.4. The van der Waals surface area contributed by atoms with E-state index in [1.54, 1.807) is 0 Å². The minimum Gasteiger partial charge on any atom is -0.507 e. The zero-order valence-electron chi connectivity index (χ0n) is 19.0. The summed E-state index contributed by atoms with van der Waals surface area (Å²) in [6, 6.07) is 7.56. The van der Waals surface area contributed by atoms with Crippen molar-refractivity contribution >= 4 is 29.3 Å². The molecule has 1 saturated carbocycles. The fourth-order valence-electron chi connectivity index (χ4n) is 3.66. The number of rotatable bonds is 5. The van der Waals surface area contributed by atoms with Crippen molar-refractivity contribution in [2.75, 3.05) is 0 Å². The Hall–Kier alpha value is -4.26. The van der Waals surface area contributed by atoms with Gasteiger partial charge >= 0.3 is 17.9 Å². The van der Waals surface area contributed by atoms with Crippen LogP contribution in [-0.4, -0.2) is 49.2 Å². The maximum atomic E-state index is 12.0. The number of carbonyl (C=O) groups is 4. The van der Waals surface area contributed by atoms with Crippen LogP contribution in [0, 0.1) is 5.92 Å². The number of carboxylic acid groups (broad SMARTS) is 3.